The molecule has 1 aliphatic heterocycles. The van der Waals surface area contributed by atoms with Gasteiger partial charge in [0.05, 0.1) is 25.8 Å². The molecular formula is C50H87N5O8. The Bertz CT molecular complexity index is 1410. The molecule has 0 aromatic heterocycles. The highest BCUT2D eigenvalue weighted by molar-refractivity contribution is 5.94. The van der Waals surface area contributed by atoms with Crippen LogP contribution in [0.5, 0.6) is 11.5 Å². The van der Waals surface area contributed by atoms with Crippen LogP contribution in [-0.2, 0) is 35.3 Å². The number of carbonyl (C=O) groups excluding carboxylic acids is 5. The number of nitrogens with two attached hydrogens (primary N) is 1. The zero-order chi connectivity index (χ0) is 46.2. The summed E-state index contributed by atoms with van der Waals surface area (Å²) < 4.78 is 17.9. The third kappa shape index (κ3) is 24.1. The van der Waals surface area contributed by atoms with Gasteiger partial charge in [0.1, 0.15) is 36.7 Å². The summed E-state index contributed by atoms with van der Waals surface area (Å²) in [7, 11) is 0. The van der Waals surface area contributed by atoms with Crippen LogP contribution in [0, 0.1) is 11.8 Å². The number of benzene rings is 1. The molecule has 360 valence electrons. The van der Waals surface area contributed by atoms with Crippen molar-refractivity contribution < 1.29 is 38.2 Å². The SMILES string of the molecule is CCCCCCCCCCCCOc1cc(COC(=O)CNC(=O)[C@@H](NC(=O)CNC(=O)[C@@H]2CCCN2C(=O)[C@@H](N)C(C)C)C(C)C)cc(OCCCCCCCCCCCC)c1. The Kier molecular flexibility index (Phi) is 29.5. The first kappa shape index (κ1) is 55.3. The molecule has 13 nitrogen and oxygen atoms in total. The molecule has 0 aliphatic carbocycles. The molecule has 1 aromatic carbocycles. The van der Waals surface area contributed by atoms with E-state index >= 15 is 0 Å². The van der Waals surface area contributed by atoms with Crippen molar-refractivity contribution in [1.29, 1.82) is 0 Å². The highest BCUT2D eigenvalue weighted by Gasteiger charge is 2.37. The van der Waals surface area contributed by atoms with Crippen LogP contribution in [0.15, 0.2) is 18.2 Å². The van der Waals surface area contributed by atoms with Gasteiger partial charge in [-0.05, 0) is 55.2 Å². The van der Waals surface area contributed by atoms with Crippen LogP contribution in [0.3, 0.4) is 0 Å². The molecule has 0 saturated carbocycles. The summed E-state index contributed by atoms with van der Waals surface area (Å²) in [6.45, 7) is 12.5. The van der Waals surface area contributed by atoms with Crippen molar-refractivity contribution in [3.8, 4) is 11.5 Å². The maximum atomic E-state index is 13.2. The summed E-state index contributed by atoms with van der Waals surface area (Å²) in [5.41, 5.74) is 6.77. The van der Waals surface area contributed by atoms with Crippen LogP contribution >= 0.6 is 0 Å². The van der Waals surface area contributed by atoms with Gasteiger partial charge in [-0.25, -0.2) is 0 Å². The number of hydrogen-bond donors (Lipinski definition) is 4. The highest BCUT2D eigenvalue weighted by Crippen LogP contribution is 2.25. The fraction of sp³-hybridized carbons (Fsp3) is 0.780. The minimum Gasteiger partial charge on any atom is -0.493 e. The maximum Gasteiger partial charge on any atom is 0.325 e. The average Bonchev–Trinajstić information content (AvgIpc) is 3.76. The van der Waals surface area contributed by atoms with E-state index in [0.717, 1.165) is 31.2 Å². The van der Waals surface area contributed by atoms with E-state index in [2.05, 4.69) is 29.8 Å². The Hall–Kier alpha value is -3.87. The summed E-state index contributed by atoms with van der Waals surface area (Å²) in [5.74, 6) is -1.55. The number of unbranched alkanes of at least 4 members (excludes halogenated alkanes) is 18. The van der Waals surface area contributed by atoms with Crippen LogP contribution in [0.25, 0.3) is 0 Å². The standard InChI is InChI=1S/C50H87N5O8/c1-7-9-11-13-15-17-19-21-23-25-30-61-41-32-40(33-42(34-41)62-31-26-24-22-20-18-16-14-12-10-8-2)37-63-45(57)36-53-49(59)47(39(5)6)54-44(56)35-52-48(58)43-28-27-29-55(43)50(60)46(51)38(3)4/h32-34,38-39,43,46-47H,7-31,35-37,51H2,1-6H3,(H,52,58)(H,53,59)(H,54,56)/t43-,46-,47-/m0/s1. The zero-order valence-corrected chi connectivity index (χ0v) is 40.2. The molecule has 0 spiro atoms. The molecular weight excluding hydrogens is 799 g/mol. The van der Waals surface area contributed by atoms with Crippen LogP contribution in [0.1, 0.15) is 188 Å². The molecule has 0 radical (unpaired) electrons. The molecule has 63 heavy (non-hydrogen) atoms. The van der Waals surface area contributed by atoms with E-state index in [1.165, 1.54) is 108 Å². The number of likely N-dealkylation sites (tertiary alicyclic amines) is 1. The number of amides is 4. The van der Waals surface area contributed by atoms with Gasteiger partial charge in [0, 0.05) is 12.6 Å². The Morgan fingerprint density at radius 2 is 1.16 bits per heavy atom. The minimum atomic E-state index is -0.963. The fourth-order valence-electron chi connectivity index (χ4n) is 7.75. The largest absolute Gasteiger partial charge is 0.493 e. The first-order chi connectivity index (χ1) is 30.4. The number of esters is 1. The summed E-state index contributed by atoms with van der Waals surface area (Å²) in [4.78, 5) is 66.2. The lowest BCUT2D eigenvalue weighted by Gasteiger charge is -2.28. The van der Waals surface area contributed by atoms with E-state index in [9.17, 15) is 24.0 Å². The number of rotatable bonds is 36. The van der Waals surface area contributed by atoms with Gasteiger partial charge in [0.15, 0.2) is 0 Å². The predicted molar refractivity (Wildman–Crippen MR) is 251 cm³/mol. The number of hydrogen-bond acceptors (Lipinski definition) is 9. The van der Waals surface area contributed by atoms with Crippen molar-refractivity contribution in [2.24, 2.45) is 17.6 Å². The normalized spacial score (nSPS) is 14.7. The second-order valence-electron chi connectivity index (χ2n) is 18.2. The van der Waals surface area contributed by atoms with Gasteiger partial charge < -0.3 is 40.8 Å². The molecule has 5 N–H and O–H groups in total. The van der Waals surface area contributed by atoms with Gasteiger partial charge in [0.25, 0.3) is 0 Å². The first-order valence-corrected chi connectivity index (χ1v) is 24.8. The molecule has 1 fully saturated rings. The molecule has 0 bridgehead atoms. The number of carbonyl (C=O) groups is 5. The van der Waals surface area contributed by atoms with Crippen LogP contribution < -0.4 is 31.2 Å². The third-order valence-corrected chi connectivity index (χ3v) is 11.8. The molecule has 2 rings (SSSR count). The van der Waals surface area contributed by atoms with Gasteiger partial charge in [-0.15, -0.1) is 0 Å². The second kappa shape index (κ2) is 33.6. The molecule has 4 amide bonds. The Morgan fingerprint density at radius 1 is 0.667 bits per heavy atom. The lowest BCUT2D eigenvalue weighted by Crippen LogP contribution is -2.55. The minimum absolute atomic E-state index is 0.0315. The third-order valence-electron chi connectivity index (χ3n) is 11.8. The quantitative estimate of drug-likeness (QED) is 0.0379. The van der Waals surface area contributed by atoms with Gasteiger partial charge >= 0.3 is 5.97 Å². The fourth-order valence-corrected chi connectivity index (χ4v) is 7.75. The van der Waals surface area contributed by atoms with E-state index in [1.54, 1.807) is 13.8 Å². The monoisotopic (exact) mass is 886 g/mol. The van der Waals surface area contributed by atoms with E-state index in [-0.39, 0.29) is 30.9 Å². The van der Waals surface area contributed by atoms with E-state index < -0.39 is 48.4 Å². The van der Waals surface area contributed by atoms with E-state index in [0.29, 0.717) is 44.1 Å². The number of nitrogens with zero attached hydrogens (tertiary/aromatic N) is 1. The molecule has 3 atom stereocenters. The van der Waals surface area contributed by atoms with Crippen LogP contribution in [-0.4, -0.2) is 85.5 Å². The van der Waals surface area contributed by atoms with Crippen molar-refractivity contribution >= 4 is 29.6 Å². The molecule has 1 aromatic rings. The van der Waals surface area contributed by atoms with Crippen LogP contribution in [0.2, 0.25) is 0 Å². The molecule has 1 saturated heterocycles. The first-order valence-electron chi connectivity index (χ1n) is 24.8. The molecule has 13 heteroatoms. The summed E-state index contributed by atoms with van der Waals surface area (Å²) >= 11 is 0. The maximum absolute atomic E-state index is 13.2. The Balaban J connectivity index is 1.86. The smallest absolute Gasteiger partial charge is 0.325 e. The average molecular weight is 886 g/mol. The zero-order valence-electron chi connectivity index (χ0n) is 40.2. The number of nitrogens with one attached hydrogen (secondary N) is 3. The molecule has 0 unspecified atom stereocenters. The topological polar surface area (TPSA) is 178 Å². The summed E-state index contributed by atoms with van der Waals surface area (Å²) in [6.07, 6.45) is 26.1. The van der Waals surface area contributed by atoms with Gasteiger partial charge in [-0.3, -0.25) is 24.0 Å². The van der Waals surface area contributed by atoms with Crippen LogP contribution in [0.4, 0.5) is 0 Å². The lowest BCUT2D eigenvalue weighted by atomic mass is 10.0. The van der Waals surface area contributed by atoms with Gasteiger partial charge in [-0.2, -0.15) is 0 Å². The summed E-state index contributed by atoms with van der Waals surface area (Å²) in [6, 6.07) is 3.25. The Morgan fingerprint density at radius 3 is 1.63 bits per heavy atom. The van der Waals surface area contributed by atoms with Crippen molar-refractivity contribution in [3.63, 3.8) is 0 Å². The van der Waals surface area contributed by atoms with Crippen molar-refractivity contribution in [1.82, 2.24) is 20.9 Å². The van der Waals surface area contributed by atoms with E-state index in [4.69, 9.17) is 19.9 Å². The van der Waals surface area contributed by atoms with Gasteiger partial charge in [-0.1, -0.05) is 157 Å². The highest BCUT2D eigenvalue weighted by atomic mass is 16.5. The Labute approximate surface area is 380 Å². The van der Waals surface area contributed by atoms with Crippen molar-refractivity contribution in [2.45, 2.75) is 208 Å². The molecule has 1 aliphatic rings. The van der Waals surface area contributed by atoms with Crippen molar-refractivity contribution in [3.05, 3.63) is 23.8 Å². The van der Waals surface area contributed by atoms with Gasteiger partial charge in [0.2, 0.25) is 23.6 Å². The predicted octanol–water partition coefficient (Wildman–Crippen LogP) is 8.68. The molecule has 1 heterocycles. The summed E-state index contributed by atoms with van der Waals surface area (Å²) in [5, 5.41) is 7.84. The van der Waals surface area contributed by atoms with Crippen molar-refractivity contribution in [2.75, 3.05) is 32.8 Å². The lowest BCUT2D eigenvalue weighted by molar-refractivity contribution is -0.145. The van der Waals surface area contributed by atoms with E-state index in [1.807, 2.05) is 32.0 Å². The second-order valence-corrected chi connectivity index (χ2v) is 18.2. The number of ether oxygens (including phenoxy) is 3.